The van der Waals surface area contributed by atoms with E-state index in [0.717, 1.165) is 24.3 Å². The molecule has 0 fully saturated rings. The van der Waals surface area contributed by atoms with Crippen LogP contribution in [0.1, 0.15) is 37.3 Å². The van der Waals surface area contributed by atoms with E-state index in [0.29, 0.717) is 24.0 Å². The molecule has 150 valence electrons. The lowest BCUT2D eigenvalue weighted by atomic mass is 9.99. The van der Waals surface area contributed by atoms with Gasteiger partial charge in [-0.1, -0.05) is 6.42 Å². The maximum atomic E-state index is 11.7. The van der Waals surface area contributed by atoms with Crippen LogP contribution >= 0.6 is 0 Å². The fraction of sp³-hybridized carbons (Fsp3) is 0.312. The molecule has 0 bridgehead atoms. The van der Waals surface area contributed by atoms with E-state index in [-0.39, 0.29) is 12.0 Å². The van der Waals surface area contributed by atoms with Crippen LogP contribution in [0.25, 0.3) is 0 Å². The quantitative estimate of drug-likeness (QED) is 0.325. The number of nitrogens with two attached hydrogens (primary N) is 1. The van der Waals surface area contributed by atoms with Gasteiger partial charge in [-0.25, -0.2) is 4.79 Å². The third-order valence-corrected chi connectivity index (χ3v) is 3.96. The van der Waals surface area contributed by atoms with E-state index in [2.05, 4.69) is 0 Å². The van der Waals surface area contributed by atoms with Crippen molar-refractivity contribution >= 4 is 17.3 Å². The Kier molecular flexibility index (Phi) is 6.50. The molecule has 12 nitrogen and oxygen atoms in total. The number of unbranched alkanes of at least 4 members (excludes halogenated alkanes) is 1. The summed E-state index contributed by atoms with van der Waals surface area (Å²) < 4.78 is 0.578. The number of hydrogen-bond acceptors (Lipinski definition) is 9. The first-order valence-corrected chi connectivity index (χ1v) is 8.20. The monoisotopic (exact) mass is 394 g/mol. The molecule has 0 aliphatic carbocycles. The Morgan fingerprint density at radius 2 is 1.75 bits per heavy atom. The summed E-state index contributed by atoms with van der Waals surface area (Å²) in [5.41, 5.74) is 5.30. The number of nitrogens with zero attached hydrogens (tertiary/aromatic N) is 3. The number of nitro groups is 2. The predicted molar refractivity (Wildman–Crippen MR) is 94.5 cm³/mol. The first kappa shape index (κ1) is 20.6. The SMILES string of the molecule is NC(CCCCC(=O)On1c(O)ccc1O)c1ccc([N+](=O)[O-])cc1[N+](=O)[O-]. The van der Waals surface area contributed by atoms with Gasteiger partial charge in [0.2, 0.25) is 11.8 Å². The maximum absolute atomic E-state index is 11.7. The zero-order chi connectivity index (χ0) is 20.8. The van der Waals surface area contributed by atoms with E-state index in [1.807, 2.05) is 0 Å². The topological polar surface area (TPSA) is 184 Å². The molecule has 0 aliphatic rings. The minimum atomic E-state index is -0.741. The first-order valence-electron chi connectivity index (χ1n) is 8.20. The van der Waals surface area contributed by atoms with Crippen molar-refractivity contribution in [1.82, 2.24) is 4.73 Å². The Morgan fingerprint density at radius 1 is 1.11 bits per heavy atom. The molecule has 1 unspecified atom stereocenters. The Balaban J connectivity index is 1.88. The minimum Gasteiger partial charge on any atom is -0.492 e. The van der Waals surface area contributed by atoms with Crippen LogP contribution in [-0.4, -0.2) is 30.8 Å². The van der Waals surface area contributed by atoms with E-state index >= 15 is 0 Å². The van der Waals surface area contributed by atoms with Gasteiger partial charge in [0.1, 0.15) is 0 Å². The number of carbonyl (C=O) groups excluding carboxylic acids is 1. The van der Waals surface area contributed by atoms with Gasteiger partial charge in [-0.05, 0) is 18.9 Å². The van der Waals surface area contributed by atoms with E-state index in [4.69, 9.17) is 10.6 Å². The van der Waals surface area contributed by atoms with E-state index < -0.39 is 45.0 Å². The molecule has 0 radical (unpaired) electrons. The summed E-state index contributed by atoms with van der Waals surface area (Å²) in [7, 11) is 0. The van der Waals surface area contributed by atoms with Crippen molar-refractivity contribution in [2.75, 3.05) is 0 Å². The Bertz CT molecular complexity index is 875. The van der Waals surface area contributed by atoms with Crippen molar-refractivity contribution in [3.8, 4) is 11.8 Å². The highest BCUT2D eigenvalue weighted by Gasteiger charge is 2.23. The molecule has 2 rings (SSSR count). The van der Waals surface area contributed by atoms with E-state index in [1.54, 1.807) is 0 Å². The van der Waals surface area contributed by atoms with Crippen LogP contribution in [0.5, 0.6) is 11.8 Å². The molecule has 12 heteroatoms. The van der Waals surface area contributed by atoms with Crippen LogP contribution in [0.15, 0.2) is 30.3 Å². The molecular formula is C16H18N4O8. The molecule has 0 amide bonds. The van der Waals surface area contributed by atoms with Crippen molar-refractivity contribution in [2.24, 2.45) is 5.73 Å². The van der Waals surface area contributed by atoms with Gasteiger partial charge in [-0.3, -0.25) is 20.2 Å². The lowest BCUT2D eigenvalue weighted by Crippen LogP contribution is -2.19. The second kappa shape index (κ2) is 8.81. The highest BCUT2D eigenvalue weighted by atomic mass is 16.7. The second-order valence-electron chi connectivity index (χ2n) is 5.92. The lowest BCUT2D eigenvalue weighted by molar-refractivity contribution is -0.394. The average molecular weight is 394 g/mol. The Morgan fingerprint density at radius 3 is 2.32 bits per heavy atom. The Hall–Kier alpha value is -3.67. The van der Waals surface area contributed by atoms with Crippen molar-refractivity contribution in [3.05, 3.63) is 56.1 Å². The molecule has 1 atom stereocenters. The van der Waals surface area contributed by atoms with Crippen molar-refractivity contribution < 1.29 is 29.7 Å². The molecular weight excluding hydrogens is 376 g/mol. The highest BCUT2D eigenvalue weighted by Crippen LogP contribution is 2.30. The number of aromatic hydroxyl groups is 2. The molecule has 1 aromatic carbocycles. The number of carbonyl (C=O) groups is 1. The van der Waals surface area contributed by atoms with Crippen molar-refractivity contribution in [2.45, 2.75) is 31.7 Å². The molecule has 0 saturated heterocycles. The number of nitro benzene ring substituents is 2. The number of rotatable bonds is 9. The molecule has 28 heavy (non-hydrogen) atoms. The minimum absolute atomic E-state index is 0.0356. The van der Waals surface area contributed by atoms with Gasteiger partial charge in [0, 0.05) is 36.2 Å². The van der Waals surface area contributed by atoms with Crippen LogP contribution in [0.3, 0.4) is 0 Å². The second-order valence-corrected chi connectivity index (χ2v) is 5.92. The van der Waals surface area contributed by atoms with Crippen LogP contribution in [-0.2, 0) is 4.79 Å². The van der Waals surface area contributed by atoms with Gasteiger partial charge in [-0.15, -0.1) is 4.73 Å². The van der Waals surface area contributed by atoms with Gasteiger partial charge >= 0.3 is 5.97 Å². The molecule has 1 aromatic heterocycles. The van der Waals surface area contributed by atoms with Crippen LogP contribution in [0.2, 0.25) is 0 Å². The summed E-state index contributed by atoms with van der Waals surface area (Å²) in [5.74, 6) is -1.56. The van der Waals surface area contributed by atoms with E-state index in [9.17, 15) is 35.2 Å². The molecule has 0 aliphatic heterocycles. The number of aromatic nitrogens is 1. The van der Waals surface area contributed by atoms with Crippen molar-refractivity contribution in [1.29, 1.82) is 0 Å². The van der Waals surface area contributed by atoms with Crippen LogP contribution in [0, 0.1) is 20.2 Å². The number of non-ortho nitro benzene ring substituents is 1. The fourth-order valence-corrected chi connectivity index (χ4v) is 2.55. The van der Waals surface area contributed by atoms with E-state index in [1.165, 1.54) is 6.07 Å². The number of hydrogen-bond donors (Lipinski definition) is 3. The smallest absolute Gasteiger partial charge is 0.333 e. The first-order chi connectivity index (χ1) is 13.2. The highest BCUT2D eigenvalue weighted by molar-refractivity contribution is 5.69. The molecule has 1 heterocycles. The maximum Gasteiger partial charge on any atom is 0.333 e. The third-order valence-electron chi connectivity index (χ3n) is 3.96. The summed E-state index contributed by atoms with van der Waals surface area (Å²) in [6.07, 6.45) is 1.03. The number of benzene rings is 1. The zero-order valence-electron chi connectivity index (χ0n) is 14.6. The predicted octanol–water partition coefficient (Wildman–Crippen LogP) is 1.93. The van der Waals surface area contributed by atoms with Gasteiger partial charge in [-0.2, -0.15) is 0 Å². The summed E-state index contributed by atoms with van der Waals surface area (Å²) in [6, 6.07) is 4.83. The normalized spacial score (nSPS) is 11.8. The average Bonchev–Trinajstić information content (AvgIpc) is 2.96. The van der Waals surface area contributed by atoms with Crippen LogP contribution in [0.4, 0.5) is 11.4 Å². The molecule has 0 saturated carbocycles. The van der Waals surface area contributed by atoms with Crippen LogP contribution < -0.4 is 10.6 Å². The summed E-state index contributed by atoms with van der Waals surface area (Å²) in [6.45, 7) is 0. The summed E-state index contributed by atoms with van der Waals surface area (Å²) in [5, 5.41) is 40.7. The van der Waals surface area contributed by atoms with Gasteiger partial charge < -0.3 is 20.8 Å². The summed E-state index contributed by atoms with van der Waals surface area (Å²) >= 11 is 0. The molecule has 4 N–H and O–H groups in total. The third kappa shape index (κ3) is 4.94. The summed E-state index contributed by atoms with van der Waals surface area (Å²) in [4.78, 5) is 37.0. The Labute approximate surface area is 158 Å². The largest absolute Gasteiger partial charge is 0.492 e. The standard InChI is InChI=1S/C16H18N4O8/c17-12(11-6-5-10(19(24)25)9-13(11)20(26)27)3-1-2-4-16(23)28-18-14(21)7-8-15(18)22/h5-9,12,21-22H,1-4,17H2. The van der Waals surface area contributed by atoms with Gasteiger partial charge in [0.05, 0.1) is 15.9 Å². The van der Waals surface area contributed by atoms with Gasteiger partial charge in [0.25, 0.3) is 11.4 Å². The zero-order valence-corrected chi connectivity index (χ0v) is 14.6. The van der Waals surface area contributed by atoms with Gasteiger partial charge in [0.15, 0.2) is 0 Å². The van der Waals surface area contributed by atoms with Crippen molar-refractivity contribution in [3.63, 3.8) is 0 Å². The molecule has 2 aromatic rings. The fourth-order valence-electron chi connectivity index (χ4n) is 2.55. The molecule has 0 spiro atoms. The lowest BCUT2D eigenvalue weighted by Gasteiger charge is -2.12.